The molecule has 4 heteroatoms. The van der Waals surface area contributed by atoms with Crippen LogP contribution in [0.2, 0.25) is 0 Å². The molecule has 1 heterocycles. The van der Waals surface area contributed by atoms with Gasteiger partial charge in [-0.1, -0.05) is 0 Å². The zero-order valence-electron chi connectivity index (χ0n) is 10.1. The lowest BCUT2D eigenvalue weighted by molar-refractivity contribution is 0.0950. The molecule has 4 nitrogen and oxygen atoms in total. The number of ether oxygens (including phenoxy) is 2. The largest absolute Gasteiger partial charge is 0.491 e. The van der Waals surface area contributed by atoms with Gasteiger partial charge in [0.1, 0.15) is 5.75 Å². The average molecular weight is 235 g/mol. The lowest BCUT2D eigenvalue weighted by atomic mass is 10.2. The lowest BCUT2D eigenvalue weighted by Crippen LogP contribution is -2.27. The fourth-order valence-corrected chi connectivity index (χ4v) is 1.45. The highest BCUT2D eigenvalue weighted by Gasteiger charge is 2.22. The summed E-state index contributed by atoms with van der Waals surface area (Å²) < 4.78 is 10.5. The van der Waals surface area contributed by atoms with Crippen molar-refractivity contribution in [2.45, 2.75) is 26.1 Å². The Kier molecular flexibility index (Phi) is 3.64. The van der Waals surface area contributed by atoms with Crippen molar-refractivity contribution in [3.05, 3.63) is 29.8 Å². The van der Waals surface area contributed by atoms with Crippen molar-refractivity contribution in [3.63, 3.8) is 0 Å². The maximum absolute atomic E-state index is 11.7. The first-order valence-corrected chi connectivity index (χ1v) is 5.81. The number of epoxide rings is 1. The minimum absolute atomic E-state index is 0.0726. The van der Waals surface area contributed by atoms with Gasteiger partial charge in [0.25, 0.3) is 5.91 Å². The van der Waals surface area contributed by atoms with Gasteiger partial charge in [0.15, 0.2) is 0 Å². The summed E-state index contributed by atoms with van der Waals surface area (Å²) in [6, 6.07) is 7.15. The van der Waals surface area contributed by atoms with E-state index in [1.807, 2.05) is 26.0 Å². The van der Waals surface area contributed by atoms with E-state index >= 15 is 0 Å². The molecule has 0 saturated carbocycles. The van der Waals surface area contributed by atoms with Gasteiger partial charge in [-0.2, -0.15) is 0 Å². The van der Waals surface area contributed by atoms with Gasteiger partial charge < -0.3 is 14.8 Å². The molecule has 0 bridgehead atoms. The van der Waals surface area contributed by atoms with Gasteiger partial charge in [-0.05, 0) is 38.1 Å². The van der Waals surface area contributed by atoms with E-state index in [4.69, 9.17) is 9.47 Å². The van der Waals surface area contributed by atoms with Crippen LogP contribution in [0.5, 0.6) is 5.75 Å². The molecule has 0 spiro atoms. The Morgan fingerprint density at radius 3 is 2.65 bits per heavy atom. The Hall–Kier alpha value is -1.55. The van der Waals surface area contributed by atoms with E-state index < -0.39 is 0 Å². The highest BCUT2D eigenvalue weighted by Crippen LogP contribution is 2.14. The van der Waals surface area contributed by atoms with E-state index in [1.165, 1.54) is 0 Å². The summed E-state index contributed by atoms with van der Waals surface area (Å²) in [6.45, 7) is 5.27. The Morgan fingerprint density at radius 2 is 2.12 bits per heavy atom. The Labute approximate surface area is 101 Å². The van der Waals surface area contributed by atoms with Crippen LogP contribution >= 0.6 is 0 Å². The van der Waals surface area contributed by atoms with Crippen LogP contribution in [0.25, 0.3) is 0 Å². The van der Waals surface area contributed by atoms with Gasteiger partial charge >= 0.3 is 0 Å². The fraction of sp³-hybridized carbons (Fsp3) is 0.462. The number of hydrogen-bond donors (Lipinski definition) is 1. The van der Waals surface area contributed by atoms with Gasteiger partial charge in [0.05, 0.1) is 18.8 Å². The number of benzene rings is 1. The van der Waals surface area contributed by atoms with E-state index in [2.05, 4.69) is 5.32 Å². The number of amides is 1. The minimum atomic E-state index is -0.0726. The molecule has 1 aromatic carbocycles. The quantitative estimate of drug-likeness (QED) is 0.789. The molecular weight excluding hydrogens is 218 g/mol. The van der Waals surface area contributed by atoms with Crippen molar-refractivity contribution in [2.75, 3.05) is 13.2 Å². The second-order valence-electron chi connectivity index (χ2n) is 4.36. The number of carbonyl (C=O) groups excluding carboxylic acids is 1. The molecular formula is C13H17NO3. The molecule has 17 heavy (non-hydrogen) atoms. The van der Waals surface area contributed by atoms with Crippen molar-refractivity contribution >= 4 is 5.91 Å². The molecule has 1 aliphatic heterocycles. The smallest absolute Gasteiger partial charge is 0.251 e. The molecule has 0 aromatic heterocycles. The Morgan fingerprint density at radius 1 is 1.47 bits per heavy atom. The summed E-state index contributed by atoms with van der Waals surface area (Å²) >= 11 is 0. The predicted molar refractivity (Wildman–Crippen MR) is 64.3 cm³/mol. The normalized spacial score (nSPS) is 17.9. The maximum atomic E-state index is 11.7. The molecule has 1 saturated heterocycles. The third-order valence-corrected chi connectivity index (χ3v) is 2.38. The summed E-state index contributed by atoms with van der Waals surface area (Å²) in [4.78, 5) is 11.7. The molecule has 1 aromatic rings. The van der Waals surface area contributed by atoms with Crippen molar-refractivity contribution in [2.24, 2.45) is 0 Å². The summed E-state index contributed by atoms with van der Waals surface area (Å²) in [5.41, 5.74) is 0.641. The van der Waals surface area contributed by atoms with Gasteiger partial charge in [0, 0.05) is 12.1 Å². The molecule has 1 aliphatic rings. The SMILES string of the molecule is CC(C)Oc1ccc(C(=O)NC[C@H]2CO2)cc1. The molecule has 1 fully saturated rings. The molecule has 1 amide bonds. The second kappa shape index (κ2) is 5.19. The van der Waals surface area contributed by atoms with Crippen LogP contribution in [-0.2, 0) is 4.74 Å². The van der Waals surface area contributed by atoms with Crippen LogP contribution in [-0.4, -0.2) is 31.3 Å². The topological polar surface area (TPSA) is 50.9 Å². The van der Waals surface area contributed by atoms with E-state index in [9.17, 15) is 4.79 Å². The summed E-state index contributed by atoms with van der Waals surface area (Å²) in [6.07, 6.45) is 0.351. The first kappa shape index (κ1) is 11.9. The molecule has 0 radical (unpaired) electrons. The Balaban J connectivity index is 1.89. The molecule has 1 atom stereocenters. The average Bonchev–Trinajstić information content (AvgIpc) is 3.10. The number of carbonyl (C=O) groups is 1. The second-order valence-corrected chi connectivity index (χ2v) is 4.36. The fourth-order valence-electron chi connectivity index (χ4n) is 1.45. The zero-order chi connectivity index (χ0) is 12.3. The van der Waals surface area contributed by atoms with Crippen molar-refractivity contribution < 1.29 is 14.3 Å². The number of hydrogen-bond acceptors (Lipinski definition) is 3. The Bertz CT molecular complexity index is 382. The van der Waals surface area contributed by atoms with Gasteiger partial charge in [-0.3, -0.25) is 4.79 Å². The minimum Gasteiger partial charge on any atom is -0.491 e. The van der Waals surface area contributed by atoms with Crippen molar-refractivity contribution in [3.8, 4) is 5.75 Å². The molecule has 0 aliphatic carbocycles. The van der Waals surface area contributed by atoms with Crippen molar-refractivity contribution in [1.82, 2.24) is 5.32 Å². The van der Waals surface area contributed by atoms with Crippen LogP contribution in [0.15, 0.2) is 24.3 Å². The summed E-state index contributed by atoms with van der Waals surface area (Å²) in [5.74, 6) is 0.707. The molecule has 92 valence electrons. The van der Waals surface area contributed by atoms with Crippen LogP contribution in [0.1, 0.15) is 24.2 Å². The van der Waals surface area contributed by atoms with Gasteiger partial charge in [0.2, 0.25) is 0 Å². The third-order valence-electron chi connectivity index (χ3n) is 2.38. The maximum Gasteiger partial charge on any atom is 0.251 e. The standard InChI is InChI=1S/C13H17NO3/c1-9(2)17-11-5-3-10(4-6-11)13(15)14-7-12-8-16-12/h3-6,9,12H,7-8H2,1-2H3,(H,14,15)/t12-/m0/s1. The zero-order valence-corrected chi connectivity index (χ0v) is 10.1. The summed E-state index contributed by atoms with van der Waals surface area (Å²) in [5, 5.41) is 2.82. The molecule has 0 unspecified atom stereocenters. The molecule has 1 N–H and O–H groups in total. The van der Waals surface area contributed by atoms with E-state index in [1.54, 1.807) is 12.1 Å². The van der Waals surface area contributed by atoms with E-state index in [0.717, 1.165) is 12.4 Å². The van der Waals surface area contributed by atoms with Crippen LogP contribution in [0, 0.1) is 0 Å². The van der Waals surface area contributed by atoms with Gasteiger partial charge in [-0.25, -0.2) is 0 Å². The lowest BCUT2D eigenvalue weighted by Gasteiger charge is -2.10. The molecule has 2 rings (SSSR count). The first-order valence-electron chi connectivity index (χ1n) is 5.81. The van der Waals surface area contributed by atoms with E-state index in [0.29, 0.717) is 12.1 Å². The van der Waals surface area contributed by atoms with Crippen LogP contribution in [0.3, 0.4) is 0 Å². The first-order chi connectivity index (χ1) is 8.15. The number of nitrogens with one attached hydrogen (secondary N) is 1. The highest BCUT2D eigenvalue weighted by molar-refractivity contribution is 5.94. The predicted octanol–water partition coefficient (Wildman–Crippen LogP) is 1.60. The van der Waals surface area contributed by atoms with Gasteiger partial charge in [-0.15, -0.1) is 0 Å². The van der Waals surface area contributed by atoms with Crippen LogP contribution < -0.4 is 10.1 Å². The monoisotopic (exact) mass is 235 g/mol. The van der Waals surface area contributed by atoms with E-state index in [-0.39, 0.29) is 18.1 Å². The van der Waals surface area contributed by atoms with Crippen LogP contribution in [0.4, 0.5) is 0 Å². The highest BCUT2D eigenvalue weighted by atomic mass is 16.6. The summed E-state index contributed by atoms with van der Waals surface area (Å²) in [7, 11) is 0. The number of rotatable bonds is 5. The third kappa shape index (κ3) is 3.75. The van der Waals surface area contributed by atoms with Crippen molar-refractivity contribution in [1.29, 1.82) is 0 Å².